The minimum atomic E-state index is -4.67. The lowest BCUT2D eigenvalue weighted by Gasteiger charge is -2.05. The van der Waals surface area contributed by atoms with Gasteiger partial charge in [0, 0.05) is 0 Å². The van der Waals surface area contributed by atoms with E-state index < -0.39 is 64.6 Å². The fraction of sp³-hybridized carbons (Fsp3) is 0.750. The van der Waals surface area contributed by atoms with Crippen LogP contribution in [-0.4, -0.2) is 85.4 Å². The summed E-state index contributed by atoms with van der Waals surface area (Å²) in [6.07, 6.45) is -8.68. The molecule has 0 rings (SSSR count). The van der Waals surface area contributed by atoms with Gasteiger partial charge in [0.1, 0.15) is 13.1 Å². The summed E-state index contributed by atoms with van der Waals surface area (Å²) in [5.41, 5.74) is 7.83. The number of hydrogen-bond donors (Lipinski definition) is 8. The molecule has 0 bridgehead atoms. The van der Waals surface area contributed by atoms with Gasteiger partial charge in [0.05, 0.1) is 6.54 Å². The number of alkyl halides is 6. The van der Waals surface area contributed by atoms with Gasteiger partial charge in [0.2, 0.25) is 5.91 Å². The molecule has 0 aromatic rings. The van der Waals surface area contributed by atoms with Gasteiger partial charge in [0.15, 0.2) is 6.54 Å². The lowest BCUT2D eigenvalue weighted by molar-refractivity contribution is -0.355. The topological polar surface area (TPSA) is 261 Å². The summed E-state index contributed by atoms with van der Waals surface area (Å²) in [7, 11) is -9.33. The van der Waals surface area contributed by atoms with Crippen LogP contribution < -0.4 is 22.1 Å². The molecule has 0 saturated heterocycles. The molecule has 0 saturated carbocycles. The van der Waals surface area contributed by atoms with Crippen molar-refractivity contribution in [1.82, 2.24) is 10.6 Å². The zero-order valence-electron chi connectivity index (χ0n) is 14.4. The molecule has 0 heterocycles. The monoisotopic (exact) mass is 509 g/mol. The van der Waals surface area contributed by atoms with Gasteiger partial charge in [-0.2, -0.15) is 43.2 Å². The SMILES string of the molecule is NCC(=O)NCC(F)(F)F.O=S(=O)(O)O.O=S(=O)(O)O.[NH3+]CC(=O)NCC(F)(F)F. The van der Waals surface area contributed by atoms with Gasteiger partial charge in [-0.3, -0.25) is 27.8 Å². The Morgan fingerprint density at radius 2 is 1.00 bits per heavy atom. The summed E-state index contributed by atoms with van der Waals surface area (Å²) in [4.78, 5) is 20.3. The van der Waals surface area contributed by atoms with Crippen LogP contribution in [0.15, 0.2) is 0 Å². The van der Waals surface area contributed by atoms with Crippen LogP contribution in [0.25, 0.3) is 0 Å². The van der Waals surface area contributed by atoms with Gasteiger partial charge in [-0.15, -0.1) is 0 Å². The summed E-state index contributed by atoms with van der Waals surface area (Å²) in [6, 6.07) is 0. The van der Waals surface area contributed by atoms with Crippen LogP contribution in [0.3, 0.4) is 0 Å². The molecule has 0 aromatic carbocycles. The lowest BCUT2D eigenvalue weighted by atomic mass is 10.5. The van der Waals surface area contributed by atoms with Gasteiger partial charge < -0.3 is 22.1 Å². The van der Waals surface area contributed by atoms with E-state index in [0.29, 0.717) is 0 Å². The number of rotatable bonds is 4. The molecule has 0 aliphatic heterocycles. The summed E-state index contributed by atoms with van der Waals surface area (Å²) < 4.78 is 131. The third-order valence-corrected chi connectivity index (χ3v) is 1.38. The van der Waals surface area contributed by atoms with Crippen molar-refractivity contribution in [3.63, 3.8) is 0 Å². The summed E-state index contributed by atoms with van der Waals surface area (Å²) in [6.45, 7) is -3.18. The normalized spacial score (nSPS) is 11.3. The second-order valence-corrected chi connectivity index (χ2v) is 5.92. The Bertz CT molecular complexity index is 618. The first-order valence-corrected chi connectivity index (χ1v) is 9.26. The fourth-order valence-corrected chi connectivity index (χ4v) is 0.558. The molecule has 0 aromatic heterocycles. The first-order valence-electron chi connectivity index (χ1n) is 6.47. The third-order valence-electron chi connectivity index (χ3n) is 1.38. The summed E-state index contributed by atoms with van der Waals surface area (Å²) >= 11 is 0. The minimum absolute atomic E-state index is 0.171. The van der Waals surface area contributed by atoms with E-state index in [1.807, 2.05) is 0 Å². The number of nitrogens with one attached hydrogen (secondary N) is 2. The van der Waals surface area contributed by atoms with Crippen LogP contribution in [0.1, 0.15) is 0 Å². The van der Waals surface area contributed by atoms with Crippen LogP contribution in [0.2, 0.25) is 0 Å². The standard InChI is InChI=1S/2C4H7F3N2O.2H2O4S/c2*5-4(6,7)2-9-3(10)1-8;2*1-5(2,3)4/h2*1-2,8H2,(H,9,10);2*(H2,1,2,3,4)/p+1. The Labute approximate surface area is 165 Å². The van der Waals surface area contributed by atoms with Crippen LogP contribution in [0.5, 0.6) is 0 Å². The summed E-state index contributed by atoms with van der Waals surface area (Å²) in [5.74, 6) is -1.50. The number of carbonyl (C=O) groups excluding carboxylic acids is 2. The van der Waals surface area contributed by atoms with E-state index in [-0.39, 0.29) is 6.54 Å². The highest BCUT2D eigenvalue weighted by Gasteiger charge is 2.28. The maximum atomic E-state index is 11.3. The van der Waals surface area contributed by atoms with Crippen LogP contribution >= 0.6 is 0 Å². The maximum absolute atomic E-state index is 11.3. The molecular weight excluding hydrogens is 490 g/mol. The van der Waals surface area contributed by atoms with Gasteiger partial charge in [-0.05, 0) is 0 Å². The molecule has 0 fully saturated rings. The fourth-order valence-electron chi connectivity index (χ4n) is 0.558. The number of hydrogen-bond acceptors (Lipinski definition) is 7. The first kappa shape index (κ1) is 35.6. The Kier molecular flexibility index (Phi) is 18.9. The smallest absolute Gasteiger partial charge is 0.350 e. The Morgan fingerprint density at radius 3 is 1.17 bits per heavy atom. The molecule has 0 aliphatic rings. The zero-order chi connectivity index (χ0) is 25.4. The van der Waals surface area contributed by atoms with Crippen molar-refractivity contribution in [2.75, 3.05) is 26.2 Å². The molecule has 184 valence electrons. The van der Waals surface area contributed by atoms with E-state index in [0.717, 1.165) is 0 Å². The number of quaternary nitrogens is 1. The van der Waals surface area contributed by atoms with Gasteiger partial charge in [-0.1, -0.05) is 0 Å². The Morgan fingerprint density at radius 1 is 0.767 bits per heavy atom. The van der Waals surface area contributed by atoms with Gasteiger partial charge in [0.25, 0.3) is 5.91 Å². The van der Waals surface area contributed by atoms with Crippen molar-refractivity contribution >= 4 is 32.6 Å². The predicted octanol–water partition coefficient (Wildman–Crippen LogP) is -2.78. The number of amides is 2. The van der Waals surface area contributed by atoms with Crippen molar-refractivity contribution < 1.29 is 76.7 Å². The highest BCUT2D eigenvalue weighted by atomic mass is 32.3. The summed E-state index contributed by atoms with van der Waals surface area (Å²) in [5, 5.41) is 3.23. The molecule has 30 heavy (non-hydrogen) atoms. The van der Waals surface area contributed by atoms with Crippen LogP contribution in [0.4, 0.5) is 26.3 Å². The average Bonchev–Trinajstić information content (AvgIpc) is 2.46. The highest BCUT2D eigenvalue weighted by Crippen LogP contribution is 2.12. The van der Waals surface area contributed by atoms with Gasteiger partial charge >= 0.3 is 33.2 Å². The molecule has 0 spiro atoms. The first-order chi connectivity index (χ1) is 12.9. The van der Waals surface area contributed by atoms with Crippen molar-refractivity contribution in [2.24, 2.45) is 5.73 Å². The van der Waals surface area contributed by atoms with E-state index in [4.69, 9.17) is 40.8 Å². The highest BCUT2D eigenvalue weighted by molar-refractivity contribution is 7.80. The van der Waals surface area contributed by atoms with E-state index in [1.165, 1.54) is 0 Å². The maximum Gasteiger partial charge on any atom is 0.405 e. The van der Waals surface area contributed by atoms with E-state index in [1.54, 1.807) is 10.6 Å². The van der Waals surface area contributed by atoms with Crippen molar-refractivity contribution in [3.8, 4) is 0 Å². The number of carbonyl (C=O) groups is 2. The largest absolute Gasteiger partial charge is 0.405 e. The molecular formula is C8H19F6N4O10S2+. The Balaban J connectivity index is -0.000000159. The lowest BCUT2D eigenvalue weighted by Crippen LogP contribution is -2.57. The van der Waals surface area contributed by atoms with E-state index in [2.05, 4.69) is 5.73 Å². The minimum Gasteiger partial charge on any atom is -0.350 e. The van der Waals surface area contributed by atoms with Crippen molar-refractivity contribution in [2.45, 2.75) is 12.4 Å². The van der Waals surface area contributed by atoms with Crippen LogP contribution in [-0.2, 0) is 30.4 Å². The van der Waals surface area contributed by atoms with Crippen molar-refractivity contribution in [3.05, 3.63) is 0 Å². The molecule has 2 amide bonds. The molecule has 0 aliphatic carbocycles. The van der Waals surface area contributed by atoms with E-state index >= 15 is 0 Å². The molecule has 11 N–H and O–H groups in total. The second kappa shape index (κ2) is 15.9. The molecule has 14 nitrogen and oxygen atoms in total. The molecule has 0 atom stereocenters. The third kappa shape index (κ3) is 82.6. The predicted molar refractivity (Wildman–Crippen MR) is 83.3 cm³/mol. The average molecular weight is 509 g/mol. The Hall–Kier alpha value is -1.82. The zero-order valence-corrected chi connectivity index (χ0v) is 16.1. The van der Waals surface area contributed by atoms with Crippen molar-refractivity contribution in [1.29, 1.82) is 0 Å². The van der Waals surface area contributed by atoms with Crippen LogP contribution in [0, 0.1) is 0 Å². The quantitative estimate of drug-likeness (QED) is 0.142. The molecule has 0 unspecified atom stereocenters. The molecule has 0 radical (unpaired) electrons. The second-order valence-electron chi connectivity index (χ2n) is 4.13. The van der Waals surface area contributed by atoms with Gasteiger partial charge in [-0.25, -0.2) is 0 Å². The van der Waals surface area contributed by atoms with E-state index in [9.17, 15) is 35.9 Å². The number of nitrogens with two attached hydrogens (primary N) is 1. The molecule has 22 heteroatoms. The number of halogens is 6.